The molecule has 0 saturated heterocycles. The summed E-state index contributed by atoms with van der Waals surface area (Å²) in [5.74, 6) is -0.140. The summed E-state index contributed by atoms with van der Waals surface area (Å²) in [4.78, 5) is 4.30. The van der Waals surface area contributed by atoms with Crippen LogP contribution in [-0.4, -0.2) is 4.98 Å². The third-order valence-corrected chi connectivity index (χ3v) is 3.47. The summed E-state index contributed by atoms with van der Waals surface area (Å²) < 4.78 is 0. The molecule has 2 nitrogen and oxygen atoms in total. The van der Waals surface area contributed by atoms with Crippen molar-refractivity contribution in [2.45, 2.75) is 38.5 Å². The van der Waals surface area contributed by atoms with Crippen LogP contribution in [0, 0.1) is 11.3 Å². The highest BCUT2D eigenvalue weighted by atomic mass is 14.7. The van der Waals surface area contributed by atoms with E-state index in [0.29, 0.717) is 6.42 Å². The second-order valence-electron chi connectivity index (χ2n) is 6.08. The number of hydrogen-bond donors (Lipinski definition) is 0. The van der Waals surface area contributed by atoms with Gasteiger partial charge in [-0.2, -0.15) is 5.26 Å². The molecule has 0 spiro atoms. The van der Waals surface area contributed by atoms with Gasteiger partial charge in [0, 0.05) is 18.3 Å². The third-order valence-electron chi connectivity index (χ3n) is 3.47. The third kappa shape index (κ3) is 3.45. The van der Waals surface area contributed by atoms with Crippen LogP contribution in [0.3, 0.4) is 0 Å². The number of aromatic nitrogens is 1. The monoisotopic (exact) mass is 264 g/mol. The van der Waals surface area contributed by atoms with Crippen LogP contribution in [0.2, 0.25) is 0 Å². The van der Waals surface area contributed by atoms with E-state index >= 15 is 0 Å². The van der Waals surface area contributed by atoms with Crippen LogP contribution < -0.4 is 0 Å². The molecule has 1 aromatic heterocycles. The molecule has 2 rings (SSSR count). The predicted molar refractivity (Wildman–Crippen MR) is 81.4 cm³/mol. The fourth-order valence-corrected chi connectivity index (χ4v) is 2.18. The lowest BCUT2D eigenvalue weighted by molar-refractivity contribution is 0.589. The fourth-order valence-electron chi connectivity index (χ4n) is 2.18. The van der Waals surface area contributed by atoms with Crippen molar-refractivity contribution in [3.63, 3.8) is 0 Å². The highest BCUT2D eigenvalue weighted by Gasteiger charge is 2.16. The Bertz CT molecular complexity index is 586. The van der Waals surface area contributed by atoms with Gasteiger partial charge in [-0.25, -0.2) is 0 Å². The van der Waals surface area contributed by atoms with E-state index in [4.69, 9.17) is 0 Å². The first-order chi connectivity index (χ1) is 9.50. The molecule has 102 valence electrons. The summed E-state index contributed by atoms with van der Waals surface area (Å²) in [6.07, 6.45) is 2.43. The molecule has 0 bridgehead atoms. The highest BCUT2D eigenvalue weighted by molar-refractivity contribution is 5.32. The van der Waals surface area contributed by atoms with Gasteiger partial charge in [0.15, 0.2) is 0 Å². The van der Waals surface area contributed by atoms with E-state index in [9.17, 15) is 5.26 Å². The summed E-state index contributed by atoms with van der Waals surface area (Å²) in [7, 11) is 0. The minimum Gasteiger partial charge on any atom is -0.261 e. The SMILES string of the molecule is CC(C)(C)c1ccc(C(C#N)Cc2ccccn2)cc1. The van der Waals surface area contributed by atoms with Gasteiger partial charge in [0.2, 0.25) is 0 Å². The molecule has 0 amide bonds. The van der Waals surface area contributed by atoms with E-state index in [1.807, 2.05) is 18.2 Å². The highest BCUT2D eigenvalue weighted by Crippen LogP contribution is 2.25. The molecule has 0 aliphatic carbocycles. The molecule has 20 heavy (non-hydrogen) atoms. The van der Waals surface area contributed by atoms with E-state index in [1.165, 1.54) is 5.56 Å². The van der Waals surface area contributed by atoms with Gasteiger partial charge >= 0.3 is 0 Å². The predicted octanol–water partition coefficient (Wildman–Crippen LogP) is 4.23. The average molecular weight is 264 g/mol. The van der Waals surface area contributed by atoms with Crippen LogP contribution in [0.1, 0.15) is 43.5 Å². The Morgan fingerprint density at radius 1 is 1.10 bits per heavy atom. The number of pyridine rings is 1. The summed E-state index contributed by atoms with van der Waals surface area (Å²) in [5, 5.41) is 9.39. The second-order valence-corrected chi connectivity index (χ2v) is 6.08. The molecule has 0 aliphatic heterocycles. The van der Waals surface area contributed by atoms with E-state index < -0.39 is 0 Å². The van der Waals surface area contributed by atoms with Gasteiger partial charge in [0.1, 0.15) is 0 Å². The minimum atomic E-state index is -0.140. The number of nitriles is 1. The zero-order valence-corrected chi connectivity index (χ0v) is 12.3. The largest absolute Gasteiger partial charge is 0.261 e. The molecule has 0 saturated carbocycles. The minimum absolute atomic E-state index is 0.140. The van der Waals surface area contributed by atoms with Gasteiger partial charge in [-0.15, -0.1) is 0 Å². The Labute approximate surface area is 121 Å². The number of nitrogens with zero attached hydrogens (tertiary/aromatic N) is 2. The Morgan fingerprint density at radius 3 is 2.30 bits per heavy atom. The van der Waals surface area contributed by atoms with Crippen molar-refractivity contribution in [2.75, 3.05) is 0 Å². The van der Waals surface area contributed by atoms with Crippen molar-refractivity contribution in [3.8, 4) is 6.07 Å². The van der Waals surface area contributed by atoms with Crippen LogP contribution in [0.25, 0.3) is 0 Å². The lowest BCUT2D eigenvalue weighted by atomic mass is 9.85. The van der Waals surface area contributed by atoms with Crippen LogP contribution in [0.5, 0.6) is 0 Å². The summed E-state index contributed by atoms with van der Waals surface area (Å²) in [6.45, 7) is 6.58. The summed E-state index contributed by atoms with van der Waals surface area (Å²) in [5.41, 5.74) is 3.45. The Hall–Kier alpha value is -2.14. The molecule has 2 heteroatoms. The number of benzene rings is 1. The van der Waals surface area contributed by atoms with E-state index in [-0.39, 0.29) is 11.3 Å². The van der Waals surface area contributed by atoms with Crippen LogP contribution >= 0.6 is 0 Å². The average Bonchev–Trinajstić information content (AvgIpc) is 2.45. The van der Waals surface area contributed by atoms with Crippen molar-refractivity contribution >= 4 is 0 Å². The maximum Gasteiger partial charge on any atom is 0.0768 e. The molecule has 0 N–H and O–H groups in total. The zero-order valence-electron chi connectivity index (χ0n) is 12.3. The van der Waals surface area contributed by atoms with E-state index in [0.717, 1.165) is 11.3 Å². The Kier molecular flexibility index (Phi) is 4.20. The van der Waals surface area contributed by atoms with Gasteiger partial charge in [0.05, 0.1) is 12.0 Å². The lowest BCUT2D eigenvalue weighted by Crippen LogP contribution is -2.11. The molecule has 2 aromatic rings. The van der Waals surface area contributed by atoms with Gasteiger partial charge in [-0.3, -0.25) is 4.98 Å². The molecular weight excluding hydrogens is 244 g/mol. The smallest absolute Gasteiger partial charge is 0.0768 e. The lowest BCUT2D eigenvalue weighted by Gasteiger charge is -2.19. The van der Waals surface area contributed by atoms with E-state index in [2.05, 4.69) is 56.1 Å². The topological polar surface area (TPSA) is 36.7 Å². The number of rotatable bonds is 3. The molecule has 0 aliphatic rings. The molecule has 1 aromatic carbocycles. The first-order valence-corrected chi connectivity index (χ1v) is 6.90. The fraction of sp³-hybridized carbons (Fsp3) is 0.333. The van der Waals surface area contributed by atoms with Crippen molar-refractivity contribution in [2.24, 2.45) is 0 Å². The van der Waals surface area contributed by atoms with Gasteiger partial charge in [0.25, 0.3) is 0 Å². The van der Waals surface area contributed by atoms with Crippen LogP contribution in [0.4, 0.5) is 0 Å². The number of hydrogen-bond acceptors (Lipinski definition) is 2. The van der Waals surface area contributed by atoms with Crippen molar-refractivity contribution in [1.82, 2.24) is 4.98 Å². The van der Waals surface area contributed by atoms with Crippen LogP contribution in [-0.2, 0) is 11.8 Å². The summed E-state index contributed by atoms with van der Waals surface area (Å²) >= 11 is 0. The van der Waals surface area contributed by atoms with Gasteiger partial charge in [-0.1, -0.05) is 51.1 Å². The Morgan fingerprint density at radius 2 is 1.80 bits per heavy atom. The maximum atomic E-state index is 9.39. The molecule has 1 atom stereocenters. The van der Waals surface area contributed by atoms with E-state index in [1.54, 1.807) is 6.20 Å². The van der Waals surface area contributed by atoms with Crippen molar-refractivity contribution < 1.29 is 0 Å². The standard InChI is InChI=1S/C18H20N2/c1-18(2,3)16-9-7-14(8-10-16)15(13-19)12-17-6-4-5-11-20-17/h4-11,15H,12H2,1-3H3. The first kappa shape index (κ1) is 14.3. The molecule has 1 heterocycles. The van der Waals surface area contributed by atoms with Crippen molar-refractivity contribution in [1.29, 1.82) is 5.26 Å². The normalized spacial score (nSPS) is 12.7. The molecule has 0 radical (unpaired) electrons. The van der Waals surface area contributed by atoms with Crippen LogP contribution in [0.15, 0.2) is 48.7 Å². The summed E-state index contributed by atoms with van der Waals surface area (Å²) in [6, 6.07) is 16.6. The Balaban J connectivity index is 2.19. The van der Waals surface area contributed by atoms with Gasteiger partial charge < -0.3 is 0 Å². The molecule has 0 fully saturated rings. The maximum absolute atomic E-state index is 9.39. The first-order valence-electron chi connectivity index (χ1n) is 6.90. The van der Waals surface area contributed by atoms with Crippen molar-refractivity contribution in [3.05, 3.63) is 65.5 Å². The second kappa shape index (κ2) is 5.88. The van der Waals surface area contributed by atoms with Gasteiger partial charge in [-0.05, 0) is 28.7 Å². The molecule has 1 unspecified atom stereocenters. The zero-order chi connectivity index (χ0) is 14.6. The quantitative estimate of drug-likeness (QED) is 0.831. The molecular formula is C18H20N2.